The summed E-state index contributed by atoms with van der Waals surface area (Å²) in [6, 6.07) is 5.96. The molecule has 108 valence electrons. The predicted octanol–water partition coefficient (Wildman–Crippen LogP) is 2.78. The summed E-state index contributed by atoms with van der Waals surface area (Å²) in [6.07, 6.45) is 0. The van der Waals surface area contributed by atoms with Crippen LogP contribution < -0.4 is 5.32 Å². The van der Waals surface area contributed by atoms with Crippen LogP contribution in [-0.2, 0) is 9.84 Å². The summed E-state index contributed by atoms with van der Waals surface area (Å²) in [7, 11) is -4.56. The third-order valence-corrected chi connectivity index (χ3v) is 4.68. The maximum atomic E-state index is 12.7. The number of sulfone groups is 1. The smallest absolute Gasteiger partial charge is 0.314 e. The number of nitrogens with one attached hydrogen (secondary N) is 1. The number of halogens is 2. The van der Waals surface area contributed by atoms with Crippen molar-refractivity contribution >= 4 is 9.84 Å². The van der Waals surface area contributed by atoms with Crippen molar-refractivity contribution in [2.45, 2.75) is 43.4 Å². The molecule has 0 aromatic heterocycles. The van der Waals surface area contributed by atoms with Crippen molar-refractivity contribution in [2.75, 3.05) is 6.54 Å². The Morgan fingerprint density at radius 2 is 1.79 bits per heavy atom. The Balaban J connectivity index is 3.24. The van der Waals surface area contributed by atoms with E-state index in [1.807, 2.05) is 20.8 Å². The van der Waals surface area contributed by atoms with Gasteiger partial charge >= 0.3 is 5.76 Å². The Hall–Kier alpha value is -1.01. The van der Waals surface area contributed by atoms with Crippen molar-refractivity contribution in [3.63, 3.8) is 0 Å². The molecule has 1 aromatic rings. The number of benzene rings is 1. The van der Waals surface area contributed by atoms with Crippen LogP contribution in [0.25, 0.3) is 0 Å². The van der Waals surface area contributed by atoms with Crippen LogP contribution in [0.5, 0.6) is 0 Å². The molecular weight excluding hydrogens is 272 g/mol. The highest BCUT2D eigenvalue weighted by atomic mass is 32.2. The van der Waals surface area contributed by atoms with E-state index in [0.717, 1.165) is 6.54 Å². The monoisotopic (exact) mass is 291 g/mol. The molecule has 1 aromatic carbocycles. The first kappa shape index (κ1) is 16.0. The zero-order valence-electron chi connectivity index (χ0n) is 11.2. The largest absolute Gasteiger partial charge is 0.341 e. The molecule has 0 amide bonds. The third-order valence-electron chi connectivity index (χ3n) is 3.23. The minimum absolute atomic E-state index is 0.000905. The van der Waals surface area contributed by atoms with Gasteiger partial charge in [-0.2, -0.15) is 8.78 Å². The van der Waals surface area contributed by atoms with Gasteiger partial charge in [-0.3, -0.25) is 0 Å². The van der Waals surface area contributed by atoms with Crippen molar-refractivity contribution in [3.05, 3.63) is 29.8 Å². The van der Waals surface area contributed by atoms with E-state index in [2.05, 4.69) is 5.32 Å². The van der Waals surface area contributed by atoms with Crippen molar-refractivity contribution < 1.29 is 17.2 Å². The molecule has 1 rings (SSSR count). The van der Waals surface area contributed by atoms with Gasteiger partial charge in [-0.25, -0.2) is 8.42 Å². The molecule has 2 atom stereocenters. The highest BCUT2D eigenvalue weighted by Gasteiger charge is 2.31. The van der Waals surface area contributed by atoms with Crippen molar-refractivity contribution in [2.24, 2.45) is 0 Å². The summed E-state index contributed by atoms with van der Waals surface area (Å²) < 4.78 is 48.7. The van der Waals surface area contributed by atoms with Gasteiger partial charge in [0.1, 0.15) is 0 Å². The Morgan fingerprint density at radius 3 is 2.32 bits per heavy atom. The fourth-order valence-electron chi connectivity index (χ4n) is 1.98. The van der Waals surface area contributed by atoms with E-state index in [9.17, 15) is 17.2 Å². The van der Waals surface area contributed by atoms with Crippen LogP contribution in [0, 0.1) is 0 Å². The maximum Gasteiger partial charge on any atom is 0.341 e. The predicted molar refractivity (Wildman–Crippen MR) is 71.2 cm³/mol. The normalized spacial score (nSPS) is 15.5. The van der Waals surface area contributed by atoms with Gasteiger partial charge in [-0.15, -0.1) is 0 Å². The highest BCUT2D eigenvalue weighted by Crippen LogP contribution is 2.29. The highest BCUT2D eigenvalue weighted by molar-refractivity contribution is 7.91. The lowest BCUT2D eigenvalue weighted by atomic mass is 9.94. The summed E-state index contributed by atoms with van der Waals surface area (Å²) in [5.74, 6) is -3.57. The molecule has 0 aliphatic rings. The van der Waals surface area contributed by atoms with Gasteiger partial charge in [0, 0.05) is 6.04 Å². The first-order chi connectivity index (χ1) is 8.82. The van der Waals surface area contributed by atoms with Crippen LogP contribution in [0.1, 0.15) is 32.3 Å². The first-order valence-electron chi connectivity index (χ1n) is 6.16. The van der Waals surface area contributed by atoms with Gasteiger partial charge in [0.2, 0.25) is 9.84 Å². The fourth-order valence-corrected chi connectivity index (χ4v) is 3.02. The Kier molecular flexibility index (Phi) is 5.43. The minimum Gasteiger partial charge on any atom is -0.314 e. The Labute approximate surface area is 112 Å². The molecule has 0 aliphatic carbocycles. The zero-order valence-corrected chi connectivity index (χ0v) is 12.0. The molecule has 0 fully saturated rings. The van der Waals surface area contributed by atoms with Gasteiger partial charge in [-0.05, 0) is 31.0 Å². The van der Waals surface area contributed by atoms with Gasteiger partial charge in [-0.1, -0.05) is 32.0 Å². The van der Waals surface area contributed by atoms with Gasteiger partial charge in [0.15, 0.2) is 0 Å². The van der Waals surface area contributed by atoms with Crippen LogP contribution in [-0.4, -0.2) is 26.8 Å². The number of hydrogen-bond acceptors (Lipinski definition) is 3. The van der Waals surface area contributed by atoms with Crippen molar-refractivity contribution in [3.8, 4) is 0 Å². The molecule has 3 nitrogen and oxygen atoms in total. The lowest BCUT2D eigenvalue weighted by Gasteiger charge is -2.23. The topological polar surface area (TPSA) is 46.2 Å². The van der Waals surface area contributed by atoms with E-state index in [0.29, 0.717) is 5.56 Å². The van der Waals surface area contributed by atoms with Crippen molar-refractivity contribution in [1.82, 2.24) is 5.32 Å². The number of alkyl halides is 2. The molecule has 0 radical (unpaired) electrons. The molecule has 0 saturated heterocycles. The second kappa shape index (κ2) is 6.43. The van der Waals surface area contributed by atoms with Crippen LogP contribution in [0.2, 0.25) is 0 Å². The second-order valence-electron chi connectivity index (χ2n) is 4.48. The summed E-state index contributed by atoms with van der Waals surface area (Å²) in [5.41, 5.74) is 0.427. The molecular formula is C13H19F2NO2S. The standard InChI is InChI=1S/C13H19F2NO2S/c1-4-16-10(3)9(2)11-7-5-6-8-12(11)19(17,18)13(14)15/h5-10,13,16H,4H2,1-3H3. The van der Waals surface area contributed by atoms with Gasteiger partial charge < -0.3 is 5.32 Å². The molecule has 19 heavy (non-hydrogen) atoms. The number of hydrogen-bond donors (Lipinski definition) is 1. The van der Waals surface area contributed by atoms with Crippen LogP contribution in [0.15, 0.2) is 29.2 Å². The van der Waals surface area contributed by atoms with E-state index in [4.69, 9.17) is 0 Å². The third kappa shape index (κ3) is 3.51. The van der Waals surface area contributed by atoms with E-state index in [-0.39, 0.29) is 16.9 Å². The molecule has 0 spiro atoms. The molecule has 2 unspecified atom stereocenters. The molecule has 0 bridgehead atoms. The van der Waals surface area contributed by atoms with E-state index < -0.39 is 15.6 Å². The van der Waals surface area contributed by atoms with Crippen LogP contribution in [0.4, 0.5) is 8.78 Å². The van der Waals surface area contributed by atoms with Gasteiger partial charge in [0.05, 0.1) is 4.90 Å². The van der Waals surface area contributed by atoms with E-state index in [1.54, 1.807) is 12.1 Å². The summed E-state index contributed by atoms with van der Waals surface area (Å²) >= 11 is 0. The first-order valence-corrected chi connectivity index (χ1v) is 7.71. The lowest BCUT2D eigenvalue weighted by molar-refractivity contribution is 0.234. The molecule has 0 heterocycles. The summed E-state index contributed by atoms with van der Waals surface area (Å²) in [6.45, 7) is 6.40. The van der Waals surface area contributed by atoms with E-state index >= 15 is 0 Å². The van der Waals surface area contributed by atoms with E-state index in [1.165, 1.54) is 12.1 Å². The molecule has 6 heteroatoms. The maximum absolute atomic E-state index is 12.7. The Bertz CT molecular complexity index is 517. The average molecular weight is 291 g/mol. The SMILES string of the molecule is CCNC(C)C(C)c1ccccc1S(=O)(=O)C(F)F. The van der Waals surface area contributed by atoms with Gasteiger partial charge in [0.25, 0.3) is 0 Å². The summed E-state index contributed by atoms with van der Waals surface area (Å²) in [4.78, 5) is -0.276. The summed E-state index contributed by atoms with van der Waals surface area (Å²) in [5, 5.41) is 3.17. The van der Waals surface area contributed by atoms with Crippen LogP contribution >= 0.6 is 0 Å². The lowest BCUT2D eigenvalue weighted by Crippen LogP contribution is -2.31. The Morgan fingerprint density at radius 1 is 1.21 bits per heavy atom. The fraction of sp³-hybridized carbons (Fsp3) is 0.538. The number of likely N-dealkylation sites (N-methyl/N-ethyl adjacent to an activating group) is 1. The van der Waals surface area contributed by atoms with Crippen LogP contribution in [0.3, 0.4) is 0 Å². The quantitative estimate of drug-likeness (QED) is 0.876. The average Bonchev–Trinajstić information content (AvgIpc) is 2.38. The molecule has 0 aliphatic heterocycles. The van der Waals surface area contributed by atoms with Crippen molar-refractivity contribution in [1.29, 1.82) is 0 Å². The number of rotatable bonds is 6. The zero-order chi connectivity index (χ0) is 14.6. The minimum atomic E-state index is -4.56. The molecule has 0 saturated carbocycles. The molecule has 1 N–H and O–H groups in total. The second-order valence-corrected chi connectivity index (χ2v) is 6.36.